The maximum Gasteiger partial charge on any atom is 0.0542 e. The molecule has 23 aromatic rings. The lowest BCUT2D eigenvalue weighted by Gasteiger charge is -2.26. The highest BCUT2D eigenvalue weighted by atomic mass is 15.2. The van der Waals surface area contributed by atoms with Gasteiger partial charge in [-0.15, -0.1) is 0 Å². The summed E-state index contributed by atoms with van der Waals surface area (Å²) in [7, 11) is 0. The predicted octanol–water partition coefficient (Wildman–Crippen LogP) is 33.7. The Bertz CT molecular complexity index is 7810. The first-order chi connectivity index (χ1) is 63.3. The Morgan fingerprint density at radius 1 is 0.133 bits per heavy atom. The fraction of sp³-hybridized carbons (Fsp3) is 0.0164. The highest BCUT2D eigenvalue weighted by molar-refractivity contribution is 6.14. The molecule has 3 heterocycles. The van der Waals surface area contributed by atoms with Crippen LogP contribution in [0.25, 0.3) is 138 Å². The first-order valence-corrected chi connectivity index (χ1v) is 43.8. The van der Waals surface area contributed by atoms with Gasteiger partial charge in [0.05, 0.1) is 33.1 Å². The normalized spacial score (nSPS) is 11.2. The fourth-order valence-corrected chi connectivity index (χ4v) is 18.3. The van der Waals surface area contributed by atoms with Gasteiger partial charge in [0.1, 0.15) is 0 Å². The third kappa shape index (κ3) is 15.7. The van der Waals surface area contributed by atoms with Gasteiger partial charge in [-0.25, -0.2) is 0 Å². The van der Waals surface area contributed by atoms with E-state index in [2.05, 4.69) is 552 Å². The van der Waals surface area contributed by atoms with Gasteiger partial charge in [0.2, 0.25) is 0 Å². The molecule has 20 aromatic carbocycles. The van der Waals surface area contributed by atoms with E-state index in [1.165, 1.54) is 138 Å². The maximum atomic E-state index is 2.38. The van der Waals surface area contributed by atoms with Crippen molar-refractivity contribution in [1.29, 1.82) is 0 Å². The number of aromatic nitrogens is 3. The lowest BCUT2D eigenvalue weighted by atomic mass is 10.0. The van der Waals surface area contributed by atoms with E-state index in [-0.39, 0.29) is 0 Å². The van der Waals surface area contributed by atoms with Crippen molar-refractivity contribution in [3.8, 4) is 72.7 Å². The van der Waals surface area contributed by atoms with E-state index in [9.17, 15) is 0 Å². The molecule has 0 bridgehead atoms. The van der Waals surface area contributed by atoms with Crippen LogP contribution in [0.5, 0.6) is 0 Å². The molecule has 6 heteroatoms. The minimum Gasteiger partial charge on any atom is -0.310 e. The van der Waals surface area contributed by atoms with E-state index in [0.717, 1.165) is 62.6 Å². The number of hydrogen-bond acceptors (Lipinski definition) is 3. The molecule has 0 radical (unpaired) electrons. The van der Waals surface area contributed by atoms with Crippen molar-refractivity contribution in [3.05, 3.63) is 521 Å². The molecule has 0 aliphatic rings. The average Bonchev–Trinajstić information content (AvgIpc) is 1.59. The molecule has 0 spiro atoms. The largest absolute Gasteiger partial charge is 0.310 e. The second kappa shape index (κ2) is 35.2. The molecule has 0 unspecified atom stereocenters. The molecule has 0 saturated heterocycles. The first-order valence-electron chi connectivity index (χ1n) is 43.8. The molecule has 3 aromatic heterocycles. The Morgan fingerprint density at radius 2 is 0.344 bits per heavy atom. The van der Waals surface area contributed by atoms with Gasteiger partial charge in [-0.3, -0.25) is 0 Å². The smallest absolute Gasteiger partial charge is 0.0542 e. The van der Waals surface area contributed by atoms with E-state index in [1.807, 2.05) is 0 Å². The third-order valence-corrected chi connectivity index (χ3v) is 24.4. The predicted molar refractivity (Wildman–Crippen MR) is 543 cm³/mol. The lowest BCUT2D eigenvalue weighted by molar-refractivity contribution is 1.18. The highest BCUT2D eigenvalue weighted by Gasteiger charge is 2.24. The minimum atomic E-state index is 1.12. The van der Waals surface area contributed by atoms with Crippen molar-refractivity contribution >= 4 is 117 Å². The maximum absolute atomic E-state index is 2.38. The summed E-state index contributed by atoms with van der Waals surface area (Å²) in [4.78, 5) is 7.06. The van der Waals surface area contributed by atoms with Crippen LogP contribution in [-0.2, 0) is 0 Å². The fourth-order valence-electron chi connectivity index (χ4n) is 18.3. The second-order valence-corrected chi connectivity index (χ2v) is 32.6. The molecule has 0 aliphatic heterocycles. The van der Waals surface area contributed by atoms with Gasteiger partial charge in [0.25, 0.3) is 0 Å². The number of fused-ring (bicyclic) bond motifs is 9. The number of hydrogen-bond donors (Lipinski definition) is 0. The zero-order valence-electron chi connectivity index (χ0n) is 71.2. The van der Waals surface area contributed by atoms with Crippen molar-refractivity contribution in [2.75, 3.05) is 14.7 Å². The Morgan fingerprint density at radius 3 is 0.703 bits per heavy atom. The van der Waals surface area contributed by atoms with Crippen LogP contribution in [0.2, 0.25) is 0 Å². The second-order valence-electron chi connectivity index (χ2n) is 32.6. The van der Waals surface area contributed by atoms with Gasteiger partial charge in [-0.05, 0) is 269 Å². The molecule has 0 saturated carbocycles. The monoisotopic (exact) mass is 1640 g/mol. The summed E-state index contributed by atoms with van der Waals surface area (Å²) in [5.74, 6) is 0. The van der Waals surface area contributed by atoms with Crippen molar-refractivity contribution in [2.45, 2.75) is 13.8 Å². The van der Waals surface area contributed by atoms with Crippen molar-refractivity contribution < 1.29 is 0 Å². The van der Waals surface area contributed by atoms with Crippen molar-refractivity contribution in [3.63, 3.8) is 0 Å². The summed E-state index contributed by atoms with van der Waals surface area (Å²) in [5.41, 5.74) is 35.5. The Hall–Kier alpha value is -16.8. The molecule has 128 heavy (non-hydrogen) atoms. The van der Waals surface area contributed by atoms with Crippen LogP contribution in [0.4, 0.5) is 51.2 Å². The summed E-state index contributed by atoms with van der Waals surface area (Å²) in [5, 5.41) is 7.41. The van der Waals surface area contributed by atoms with Crippen molar-refractivity contribution in [2.24, 2.45) is 0 Å². The van der Waals surface area contributed by atoms with Gasteiger partial charge < -0.3 is 28.4 Å². The lowest BCUT2D eigenvalue weighted by Crippen LogP contribution is -2.10. The Kier molecular flexibility index (Phi) is 21.6. The van der Waals surface area contributed by atoms with Crippen LogP contribution in [0.3, 0.4) is 0 Å². The molecule has 0 atom stereocenters. The highest BCUT2D eigenvalue weighted by Crippen LogP contribution is 2.46. The molecule has 0 N–H and O–H groups in total. The van der Waals surface area contributed by atoms with E-state index in [4.69, 9.17) is 0 Å². The van der Waals surface area contributed by atoms with E-state index >= 15 is 0 Å². The number of para-hydroxylation sites is 6. The van der Waals surface area contributed by atoms with Crippen molar-refractivity contribution in [1.82, 2.24) is 13.7 Å². The number of aryl methyl sites for hydroxylation is 2. The molecular weight excluding hydrogens is 1550 g/mol. The molecule has 0 amide bonds. The molecule has 608 valence electrons. The quantitative estimate of drug-likeness (QED) is 0.0908. The first kappa shape index (κ1) is 78.5. The van der Waals surface area contributed by atoms with Crippen LogP contribution in [0, 0.1) is 13.8 Å². The summed E-state index contributed by atoms with van der Waals surface area (Å²) in [6, 6.07) is 183. The van der Waals surface area contributed by atoms with Crippen LogP contribution in [0.15, 0.2) is 510 Å². The van der Waals surface area contributed by atoms with Gasteiger partial charge >= 0.3 is 0 Å². The third-order valence-electron chi connectivity index (χ3n) is 24.4. The number of nitrogens with zero attached hydrogens (tertiary/aromatic N) is 6. The van der Waals surface area contributed by atoms with Crippen LogP contribution < -0.4 is 14.7 Å². The number of benzene rings is 20. The van der Waals surface area contributed by atoms with Gasteiger partial charge in [-0.1, -0.05) is 321 Å². The Labute approximate surface area is 747 Å². The average molecular weight is 1640 g/mol. The summed E-state index contributed by atoms with van der Waals surface area (Å²) in [6.45, 7) is 4.30. The molecule has 23 rings (SSSR count). The molecule has 0 aliphatic carbocycles. The van der Waals surface area contributed by atoms with Crippen LogP contribution in [-0.4, -0.2) is 13.7 Å². The van der Waals surface area contributed by atoms with E-state index < -0.39 is 0 Å². The minimum absolute atomic E-state index is 1.12. The van der Waals surface area contributed by atoms with E-state index in [1.54, 1.807) is 0 Å². The standard InChI is InChI=1S/C43H32N2.C42H30N2.C37H28N2/c1-31-12-11-15-34(28-31)35-22-26-42-40(29-35)41-30-39(25-27-43(41)45(42)37-18-9-4-10-19-37)44(36-16-7-3-8-17-36)38-23-20-33(21-24-38)32-13-5-2-6-14-32;1-5-13-31(14-6-1)33-21-24-37(25-22-33)43(35-17-9-3-10-18-35)38-26-28-42-40(30-38)39-29-34(32-15-7-2-8-16-32)23-27-41(39)44(42)36-19-11-4-12-20-36;1-27-11-10-16-32(25-27)38(31-21-19-29(20-22-31)28-12-4-2-5-13-28)33-23-24-37-35(26-33)34-17-8-9-18-36(34)39(37)30-14-6-3-7-15-30/h2-30H,1H3;1-30H;2-26H,1H3. The molecule has 6 nitrogen and oxygen atoms in total. The SMILES string of the molecule is Cc1cccc(-c2ccc3c(c2)c2cc(N(c4ccccc4)c4ccc(-c5ccccc5)cc4)ccc2n3-c2ccccc2)c1.Cc1cccc(N(c2ccc(-c3ccccc3)cc2)c2ccc3c(c2)c2ccccc2n3-c2ccccc2)c1.c1ccc(-c2ccc(N(c3ccccc3)c3ccc4c(c3)c3cc(-c5ccccc5)ccc3n4-c3ccccc3)cc2)cc1. The topological polar surface area (TPSA) is 24.5 Å². The molecular formula is C122H90N6. The molecule has 0 fully saturated rings. The van der Waals surface area contributed by atoms with Crippen LogP contribution in [0.1, 0.15) is 11.1 Å². The summed E-state index contributed by atoms with van der Waals surface area (Å²) in [6.07, 6.45) is 0. The summed E-state index contributed by atoms with van der Waals surface area (Å²) < 4.78 is 7.13. The Balaban J connectivity index is 0.000000117. The van der Waals surface area contributed by atoms with E-state index in [0.29, 0.717) is 0 Å². The zero-order valence-corrected chi connectivity index (χ0v) is 71.2. The number of anilines is 9. The summed E-state index contributed by atoms with van der Waals surface area (Å²) >= 11 is 0. The number of rotatable bonds is 17. The van der Waals surface area contributed by atoms with Gasteiger partial charge in [0.15, 0.2) is 0 Å². The van der Waals surface area contributed by atoms with Gasteiger partial charge in [-0.2, -0.15) is 0 Å². The van der Waals surface area contributed by atoms with Crippen LogP contribution >= 0.6 is 0 Å². The zero-order chi connectivity index (χ0) is 85.6. The van der Waals surface area contributed by atoms with Gasteiger partial charge in [0, 0.05) is 101 Å².